The fourth-order valence-corrected chi connectivity index (χ4v) is 3.11. The molecule has 0 aliphatic heterocycles. The summed E-state index contributed by atoms with van der Waals surface area (Å²) in [4.78, 5) is 22.8. The Bertz CT molecular complexity index is 286. The average molecular weight is 198 g/mol. The lowest BCUT2D eigenvalue weighted by molar-refractivity contribution is -0.171. The van der Waals surface area contributed by atoms with Gasteiger partial charge in [0.15, 0.2) is 5.41 Å². The molecule has 1 N–H and O–H groups in total. The minimum atomic E-state index is -1.22. The van der Waals surface area contributed by atoms with Crippen LogP contribution in [-0.4, -0.2) is 24.2 Å². The molecule has 2 bridgehead atoms. The van der Waals surface area contributed by atoms with E-state index in [1.807, 2.05) is 0 Å². The molecule has 2 fully saturated rings. The lowest BCUT2D eigenvalue weighted by Crippen LogP contribution is -2.44. The fraction of sp³-hybridized carbons (Fsp3) is 0.800. The van der Waals surface area contributed by atoms with Crippen LogP contribution in [0.25, 0.3) is 0 Å². The summed E-state index contributed by atoms with van der Waals surface area (Å²) >= 11 is 0. The molecular weight excluding hydrogens is 184 g/mol. The highest BCUT2D eigenvalue weighted by atomic mass is 16.5. The number of carbonyl (C=O) groups excluding carboxylic acids is 1. The molecule has 0 spiro atoms. The van der Waals surface area contributed by atoms with Crippen LogP contribution in [0.3, 0.4) is 0 Å². The van der Waals surface area contributed by atoms with Crippen LogP contribution in [0.2, 0.25) is 0 Å². The molecule has 4 nitrogen and oxygen atoms in total. The summed E-state index contributed by atoms with van der Waals surface area (Å²) in [6.45, 7) is 0. The molecule has 0 aromatic rings. The molecule has 0 amide bonds. The van der Waals surface area contributed by atoms with E-state index in [1.54, 1.807) is 0 Å². The van der Waals surface area contributed by atoms with Crippen LogP contribution in [-0.2, 0) is 14.3 Å². The number of ether oxygens (including phenoxy) is 1. The van der Waals surface area contributed by atoms with Crippen LogP contribution in [0.4, 0.5) is 0 Å². The van der Waals surface area contributed by atoms with Crippen LogP contribution in [0, 0.1) is 17.3 Å². The number of fused-ring (bicyclic) bond motifs is 2. The van der Waals surface area contributed by atoms with Gasteiger partial charge in [0.1, 0.15) is 0 Å². The highest BCUT2D eigenvalue weighted by Gasteiger charge is 2.61. The first-order valence-corrected chi connectivity index (χ1v) is 4.93. The van der Waals surface area contributed by atoms with Crippen LogP contribution in [0.1, 0.15) is 25.7 Å². The number of carbonyl (C=O) groups is 2. The van der Waals surface area contributed by atoms with E-state index in [9.17, 15) is 14.7 Å². The normalized spacial score (nSPS) is 39.8. The van der Waals surface area contributed by atoms with Crippen molar-refractivity contribution in [2.45, 2.75) is 25.7 Å². The molecule has 2 rings (SSSR count). The second kappa shape index (κ2) is 2.97. The number of aliphatic carboxylic acids is 1. The standard InChI is InChI=1S/C10H14O4/c1-14-9(13)10(8(11)12)5-6-2-3-7(10)4-6/h6-7H,2-5H2,1H3,(H,11,12). The second-order valence-corrected chi connectivity index (χ2v) is 4.35. The lowest BCUT2D eigenvalue weighted by Gasteiger charge is -2.30. The molecule has 78 valence electrons. The topological polar surface area (TPSA) is 63.6 Å². The van der Waals surface area contributed by atoms with Crippen molar-refractivity contribution in [1.82, 2.24) is 0 Å². The van der Waals surface area contributed by atoms with Crippen LogP contribution >= 0.6 is 0 Å². The quantitative estimate of drug-likeness (QED) is 0.532. The summed E-state index contributed by atoms with van der Waals surface area (Å²) in [7, 11) is 1.26. The van der Waals surface area contributed by atoms with Crippen molar-refractivity contribution in [3.63, 3.8) is 0 Å². The van der Waals surface area contributed by atoms with E-state index in [4.69, 9.17) is 0 Å². The number of hydrogen-bond donors (Lipinski definition) is 1. The van der Waals surface area contributed by atoms with Gasteiger partial charge in [-0.15, -0.1) is 0 Å². The number of hydrogen-bond acceptors (Lipinski definition) is 3. The third-order valence-electron chi connectivity index (χ3n) is 3.78. The van der Waals surface area contributed by atoms with Crippen molar-refractivity contribution in [2.24, 2.45) is 17.3 Å². The van der Waals surface area contributed by atoms with Crippen molar-refractivity contribution in [2.75, 3.05) is 7.11 Å². The molecule has 0 saturated heterocycles. The van der Waals surface area contributed by atoms with Crippen LogP contribution < -0.4 is 0 Å². The molecular formula is C10H14O4. The Balaban J connectivity index is 2.33. The van der Waals surface area contributed by atoms with E-state index >= 15 is 0 Å². The van der Waals surface area contributed by atoms with E-state index in [0.29, 0.717) is 12.3 Å². The molecule has 2 aliphatic rings. The maximum atomic E-state index is 11.6. The van der Waals surface area contributed by atoms with Gasteiger partial charge in [-0.2, -0.15) is 0 Å². The Morgan fingerprint density at radius 3 is 2.50 bits per heavy atom. The lowest BCUT2D eigenvalue weighted by atomic mass is 9.73. The molecule has 0 aromatic carbocycles. The van der Waals surface area contributed by atoms with Gasteiger partial charge in [0, 0.05) is 0 Å². The zero-order valence-corrected chi connectivity index (χ0v) is 8.16. The monoisotopic (exact) mass is 198 g/mol. The predicted octanol–water partition coefficient (Wildman–Crippen LogP) is 1.05. The smallest absolute Gasteiger partial charge is 0.323 e. The molecule has 0 heterocycles. The van der Waals surface area contributed by atoms with Crippen LogP contribution in [0.5, 0.6) is 0 Å². The summed E-state index contributed by atoms with van der Waals surface area (Å²) in [5.41, 5.74) is -1.22. The highest BCUT2D eigenvalue weighted by molar-refractivity contribution is 6.00. The third kappa shape index (κ3) is 0.996. The van der Waals surface area contributed by atoms with Gasteiger partial charge in [0.25, 0.3) is 0 Å². The van der Waals surface area contributed by atoms with Gasteiger partial charge in [-0.3, -0.25) is 9.59 Å². The summed E-state index contributed by atoms with van der Waals surface area (Å²) in [6.07, 6.45) is 3.27. The van der Waals surface area contributed by atoms with Gasteiger partial charge >= 0.3 is 11.9 Å². The second-order valence-electron chi connectivity index (χ2n) is 4.35. The number of esters is 1. The first-order valence-electron chi connectivity index (χ1n) is 4.93. The number of carboxylic acid groups (broad SMARTS) is 1. The summed E-state index contributed by atoms with van der Waals surface area (Å²) < 4.78 is 4.63. The Hall–Kier alpha value is -1.06. The van der Waals surface area contributed by atoms with Gasteiger partial charge in [-0.05, 0) is 31.1 Å². The zero-order valence-electron chi connectivity index (χ0n) is 8.16. The minimum Gasteiger partial charge on any atom is -0.480 e. The van der Waals surface area contributed by atoms with E-state index < -0.39 is 17.4 Å². The van der Waals surface area contributed by atoms with Gasteiger partial charge in [-0.1, -0.05) is 6.42 Å². The molecule has 0 radical (unpaired) electrons. The van der Waals surface area contributed by atoms with Crippen LogP contribution in [0.15, 0.2) is 0 Å². The first-order chi connectivity index (χ1) is 6.61. The van der Waals surface area contributed by atoms with E-state index in [1.165, 1.54) is 7.11 Å². The molecule has 0 aromatic heterocycles. The van der Waals surface area contributed by atoms with Crippen molar-refractivity contribution in [3.05, 3.63) is 0 Å². The van der Waals surface area contributed by atoms with Crippen molar-refractivity contribution < 1.29 is 19.4 Å². The third-order valence-corrected chi connectivity index (χ3v) is 3.78. The Morgan fingerprint density at radius 2 is 2.14 bits per heavy atom. The Kier molecular flexibility index (Phi) is 2.01. The molecule has 2 aliphatic carbocycles. The number of methoxy groups -OCH3 is 1. The Labute approximate surface area is 82.2 Å². The number of rotatable bonds is 2. The maximum absolute atomic E-state index is 11.6. The molecule has 14 heavy (non-hydrogen) atoms. The highest BCUT2D eigenvalue weighted by Crippen LogP contribution is 2.56. The summed E-state index contributed by atoms with van der Waals surface area (Å²) in [6, 6.07) is 0. The molecule has 3 unspecified atom stereocenters. The largest absolute Gasteiger partial charge is 0.480 e. The van der Waals surface area contributed by atoms with Gasteiger partial charge < -0.3 is 9.84 Å². The van der Waals surface area contributed by atoms with Gasteiger partial charge in [0.05, 0.1) is 7.11 Å². The summed E-state index contributed by atoms with van der Waals surface area (Å²) in [5, 5.41) is 9.19. The van der Waals surface area contributed by atoms with E-state index in [0.717, 1.165) is 19.3 Å². The van der Waals surface area contributed by atoms with Crippen molar-refractivity contribution in [1.29, 1.82) is 0 Å². The van der Waals surface area contributed by atoms with Crippen molar-refractivity contribution >= 4 is 11.9 Å². The average Bonchev–Trinajstić information content (AvgIpc) is 2.75. The maximum Gasteiger partial charge on any atom is 0.323 e. The molecule has 4 heteroatoms. The molecule has 2 saturated carbocycles. The van der Waals surface area contributed by atoms with E-state index in [-0.39, 0.29) is 5.92 Å². The Morgan fingerprint density at radius 1 is 1.43 bits per heavy atom. The SMILES string of the molecule is COC(=O)C1(C(=O)O)CC2CCC1C2. The first kappa shape index (κ1) is 9.49. The van der Waals surface area contributed by atoms with Gasteiger partial charge in [0.2, 0.25) is 0 Å². The molecule has 3 atom stereocenters. The van der Waals surface area contributed by atoms with E-state index in [2.05, 4.69) is 4.74 Å². The number of carboxylic acids is 1. The summed E-state index contributed by atoms with van der Waals surface area (Å²) in [5.74, 6) is -1.15. The zero-order chi connectivity index (χ0) is 10.3. The van der Waals surface area contributed by atoms with Crippen molar-refractivity contribution in [3.8, 4) is 0 Å². The van der Waals surface area contributed by atoms with Gasteiger partial charge in [-0.25, -0.2) is 0 Å². The predicted molar refractivity (Wildman–Crippen MR) is 47.5 cm³/mol. The fourth-order valence-electron chi connectivity index (χ4n) is 3.11. The minimum absolute atomic E-state index is 0.00236.